The van der Waals surface area contributed by atoms with Crippen molar-refractivity contribution in [3.63, 3.8) is 0 Å². The number of oxazole rings is 1. The fourth-order valence-corrected chi connectivity index (χ4v) is 2.98. The second kappa shape index (κ2) is 8.69. The van der Waals surface area contributed by atoms with E-state index in [1.165, 1.54) is 0 Å². The van der Waals surface area contributed by atoms with Crippen LogP contribution < -0.4 is 14.8 Å². The summed E-state index contributed by atoms with van der Waals surface area (Å²) in [4.78, 5) is 9.21. The van der Waals surface area contributed by atoms with E-state index in [4.69, 9.17) is 30.5 Å². The van der Waals surface area contributed by atoms with E-state index >= 15 is 0 Å². The maximum absolute atomic E-state index is 6.62. The lowest BCUT2D eigenvalue weighted by molar-refractivity contribution is 0.245. The number of aromatic nitrogens is 2. The number of pyridine rings is 1. The zero-order chi connectivity index (χ0) is 20.3. The van der Waals surface area contributed by atoms with Crippen molar-refractivity contribution >= 4 is 28.5 Å². The zero-order valence-electron chi connectivity index (χ0n) is 16.9. The summed E-state index contributed by atoms with van der Waals surface area (Å²) in [6, 6.07) is 6.31. The Kier molecular flexibility index (Phi) is 6.29. The minimum absolute atomic E-state index is 0.00345. The number of fused-ring (bicyclic) bond motifs is 1. The van der Waals surface area contributed by atoms with Gasteiger partial charge < -0.3 is 19.2 Å². The number of halogens is 1. The highest BCUT2D eigenvalue weighted by Gasteiger charge is 2.17. The highest BCUT2D eigenvalue weighted by atomic mass is 35.5. The molecule has 0 atom stereocenters. The number of rotatable bonds is 8. The quantitative estimate of drug-likeness (QED) is 0.502. The Labute approximate surface area is 170 Å². The van der Waals surface area contributed by atoms with E-state index in [9.17, 15) is 0 Å². The molecule has 6 nitrogen and oxygen atoms in total. The molecule has 0 unspecified atom stereocenters. The van der Waals surface area contributed by atoms with Crippen molar-refractivity contribution in [3.05, 3.63) is 29.5 Å². The van der Waals surface area contributed by atoms with Crippen LogP contribution in [0.1, 0.15) is 41.0 Å². The van der Waals surface area contributed by atoms with E-state index < -0.39 is 0 Å². The molecule has 0 amide bonds. The van der Waals surface area contributed by atoms with Crippen molar-refractivity contribution in [1.82, 2.24) is 9.97 Å². The van der Waals surface area contributed by atoms with Gasteiger partial charge in [-0.15, -0.1) is 0 Å². The predicted molar refractivity (Wildman–Crippen MR) is 113 cm³/mol. The van der Waals surface area contributed by atoms with Gasteiger partial charge in [0.15, 0.2) is 0 Å². The average Bonchev–Trinajstić information content (AvgIpc) is 3.08. The number of ether oxygens (including phenoxy) is 2. The third kappa shape index (κ3) is 4.50. The second-order valence-electron chi connectivity index (χ2n) is 7.13. The summed E-state index contributed by atoms with van der Waals surface area (Å²) >= 11 is 6.62. The lowest BCUT2D eigenvalue weighted by atomic mass is 10.1. The number of anilines is 1. The zero-order valence-corrected chi connectivity index (χ0v) is 17.6. The van der Waals surface area contributed by atoms with Crippen molar-refractivity contribution < 1.29 is 13.9 Å². The van der Waals surface area contributed by atoms with Crippen LogP contribution in [-0.2, 0) is 0 Å². The van der Waals surface area contributed by atoms with Crippen LogP contribution in [0.2, 0.25) is 5.02 Å². The largest absolute Gasteiger partial charge is 0.492 e. The Hall–Kier alpha value is -2.47. The van der Waals surface area contributed by atoms with Gasteiger partial charge in [-0.2, -0.15) is 4.98 Å². The van der Waals surface area contributed by atoms with Crippen LogP contribution in [0.25, 0.3) is 22.3 Å². The van der Waals surface area contributed by atoms with Crippen molar-refractivity contribution in [2.24, 2.45) is 0 Å². The minimum atomic E-state index is 0.00345. The van der Waals surface area contributed by atoms with E-state index in [0.717, 1.165) is 11.8 Å². The van der Waals surface area contributed by atoms with Crippen molar-refractivity contribution in [2.75, 3.05) is 11.9 Å². The van der Waals surface area contributed by atoms with E-state index in [2.05, 4.69) is 10.3 Å². The Balaban J connectivity index is 2.11. The smallest absolute Gasteiger partial charge is 0.295 e. The predicted octanol–water partition coefficient (Wildman–Crippen LogP) is 5.94. The maximum Gasteiger partial charge on any atom is 0.295 e. The highest BCUT2D eigenvalue weighted by molar-refractivity contribution is 6.36. The fourth-order valence-electron chi connectivity index (χ4n) is 2.72. The van der Waals surface area contributed by atoms with Crippen molar-refractivity contribution in [3.8, 4) is 22.9 Å². The average molecular weight is 404 g/mol. The first kappa shape index (κ1) is 20.3. The Morgan fingerprint density at radius 1 is 1.11 bits per heavy atom. The van der Waals surface area contributed by atoms with Crippen LogP contribution in [0.15, 0.2) is 28.9 Å². The number of nitrogens with one attached hydrogen (secondary N) is 1. The van der Waals surface area contributed by atoms with Gasteiger partial charge in [0.1, 0.15) is 28.5 Å². The van der Waals surface area contributed by atoms with E-state index in [0.29, 0.717) is 46.0 Å². The third-order valence-electron chi connectivity index (χ3n) is 3.85. The van der Waals surface area contributed by atoms with Gasteiger partial charge in [0.25, 0.3) is 6.01 Å². The van der Waals surface area contributed by atoms with Gasteiger partial charge in [0.05, 0.1) is 23.9 Å². The first-order valence-electron chi connectivity index (χ1n) is 9.54. The third-order valence-corrected chi connectivity index (χ3v) is 4.21. The number of benzene rings is 1. The van der Waals surface area contributed by atoms with E-state index in [1.807, 2.05) is 52.8 Å². The molecule has 150 valence electrons. The SMILES string of the molecule is CCCOc1ccc2c(OC(C)C)cc(-c3coc(NC(C)C)n3)nc2c1Cl. The first-order chi connectivity index (χ1) is 13.4. The van der Waals surface area contributed by atoms with Crippen LogP contribution >= 0.6 is 11.6 Å². The first-order valence-corrected chi connectivity index (χ1v) is 9.92. The molecule has 3 aromatic rings. The van der Waals surface area contributed by atoms with E-state index in [-0.39, 0.29) is 12.1 Å². The molecule has 0 saturated carbocycles. The van der Waals surface area contributed by atoms with Crippen LogP contribution in [-0.4, -0.2) is 28.7 Å². The molecule has 0 saturated heterocycles. The molecule has 0 radical (unpaired) electrons. The minimum Gasteiger partial charge on any atom is -0.492 e. The van der Waals surface area contributed by atoms with E-state index in [1.54, 1.807) is 6.26 Å². The Morgan fingerprint density at radius 3 is 2.57 bits per heavy atom. The standard InChI is InChI=1S/C21H26ClN3O3/c1-6-9-26-17-8-7-14-18(28-13(4)5)10-15(24-20(14)19(17)22)16-11-27-21(25-16)23-12(2)3/h7-8,10-13H,6,9H2,1-5H3,(H,23,25). The molecule has 28 heavy (non-hydrogen) atoms. The molecule has 3 rings (SSSR count). The summed E-state index contributed by atoms with van der Waals surface area (Å²) in [5.74, 6) is 1.30. The molecule has 0 aliphatic rings. The maximum atomic E-state index is 6.62. The van der Waals surface area contributed by atoms with Gasteiger partial charge in [-0.25, -0.2) is 4.98 Å². The van der Waals surface area contributed by atoms with Gasteiger partial charge in [-0.1, -0.05) is 18.5 Å². The van der Waals surface area contributed by atoms with Gasteiger partial charge in [-0.3, -0.25) is 0 Å². The number of hydrogen-bond acceptors (Lipinski definition) is 6. The van der Waals surface area contributed by atoms with Crippen molar-refractivity contribution in [2.45, 2.75) is 53.2 Å². The fraction of sp³-hybridized carbons (Fsp3) is 0.429. The molecular weight excluding hydrogens is 378 g/mol. The summed E-state index contributed by atoms with van der Waals surface area (Å²) in [5.41, 5.74) is 1.85. The van der Waals surface area contributed by atoms with Crippen molar-refractivity contribution in [1.29, 1.82) is 0 Å². The summed E-state index contributed by atoms with van der Waals surface area (Å²) < 4.78 is 17.3. The molecule has 2 aromatic heterocycles. The van der Waals surface area contributed by atoms with Gasteiger partial charge in [-0.05, 0) is 46.2 Å². The molecule has 0 aliphatic heterocycles. The Morgan fingerprint density at radius 2 is 1.89 bits per heavy atom. The Bertz CT molecular complexity index is 953. The molecule has 2 heterocycles. The van der Waals surface area contributed by atoms with Crippen LogP contribution in [0.3, 0.4) is 0 Å². The van der Waals surface area contributed by atoms with Crippen LogP contribution in [0, 0.1) is 0 Å². The summed E-state index contributed by atoms with van der Waals surface area (Å²) in [6.07, 6.45) is 2.47. The van der Waals surface area contributed by atoms with Crippen LogP contribution in [0.5, 0.6) is 11.5 Å². The molecule has 1 N–H and O–H groups in total. The molecule has 0 aliphatic carbocycles. The van der Waals surface area contributed by atoms with Gasteiger partial charge in [0, 0.05) is 17.5 Å². The molecule has 0 spiro atoms. The summed E-state index contributed by atoms with van der Waals surface area (Å²) in [5, 5.41) is 4.43. The molecule has 0 bridgehead atoms. The summed E-state index contributed by atoms with van der Waals surface area (Å²) in [6.45, 7) is 10.6. The molecule has 0 fully saturated rings. The lowest BCUT2D eigenvalue weighted by Gasteiger charge is -2.15. The normalized spacial score (nSPS) is 11.4. The highest BCUT2D eigenvalue weighted by Crippen LogP contribution is 2.38. The van der Waals surface area contributed by atoms with Crippen LogP contribution in [0.4, 0.5) is 6.01 Å². The molecule has 1 aromatic carbocycles. The molecular formula is C21H26ClN3O3. The lowest BCUT2D eigenvalue weighted by Crippen LogP contribution is -2.09. The van der Waals surface area contributed by atoms with Gasteiger partial charge in [0.2, 0.25) is 0 Å². The second-order valence-corrected chi connectivity index (χ2v) is 7.51. The summed E-state index contributed by atoms with van der Waals surface area (Å²) in [7, 11) is 0. The molecule has 7 heteroatoms. The van der Waals surface area contributed by atoms with Gasteiger partial charge >= 0.3 is 0 Å². The monoisotopic (exact) mass is 403 g/mol. The number of nitrogens with zero attached hydrogens (tertiary/aromatic N) is 2. The number of hydrogen-bond donors (Lipinski definition) is 1. The topological polar surface area (TPSA) is 69.4 Å².